The minimum Gasteiger partial charge on any atom is -0.467 e. The van der Waals surface area contributed by atoms with Crippen molar-refractivity contribution >= 4 is 0 Å². The van der Waals surface area contributed by atoms with E-state index in [0.29, 0.717) is 12.5 Å². The van der Waals surface area contributed by atoms with E-state index < -0.39 is 0 Å². The van der Waals surface area contributed by atoms with Gasteiger partial charge in [-0.25, -0.2) is 0 Å². The van der Waals surface area contributed by atoms with Crippen LogP contribution in [0.2, 0.25) is 0 Å². The number of furan rings is 1. The lowest BCUT2D eigenvalue weighted by Gasteiger charge is -2.12. The van der Waals surface area contributed by atoms with Gasteiger partial charge in [0.15, 0.2) is 0 Å². The average molecular weight is 204 g/mol. The van der Waals surface area contributed by atoms with Crippen LogP contribution in [0.3, 0.4) is 0 Å². The molecule has 1 aliphatic rings. The van der Waals surface area contributed by atoms with E-state index in [1.54, 1.807) is 6.26 Å². The molecule has 80 valence electrons. The molecule has 2 rings (SSSR count). The van der Waals surface area contributed by atoms with E-state index in [-0.39, 0.29) is 0 Å². The molecule has 2 heteroatoms. The smallest absolute Gasteiger partial charge is 0.129 e. The maximum Gasteiger partial charge on any atom is 0.129 e. The van der Waals surface area contributed by atoms with E-state index >= 15 is 0 Å². The summed E-state index contributed by atoms with van der Waals surface area (Å²) in [6.45, 7) is 1.38. The third-order valence-corrected chi connectivity index (χ3v) is 2.53. The molecule has 1 aromatic rings. The van der Waals surface area contributed by atoms with Crippen molar-refractivity contribution in [3.8, 4) is 0 Å². The van der Waals surface area contributed by atoms with Crippen molar-refractivity contribution in [2.24, 2.45) is 5.92 Å². The van der Waals surface area contributed by atoms with Crippen molar-refractivity contribution in [3.63, 3.8) is 0 Å². The van der Waals surface area contributed by atoms with Gasteiger partial charge in [0.2, 0.25) is 0 Å². The molecule has 0 aromatic carbocycles. The van der Waals surface area contributed by atoms with Crippen LogP contribution >= 0.6 is 0 Å². The van der Waals surface area contributed by atoms with Gasteiger partial charge in [0.25, 0.3) is 0 Å². The Hall–Kier alpha value is -1.28. The first-order valence-corrected chi connectivity index (χ1v) is 5.38. The SMILES string of the molecule is C1=CCC(CCOCc2ccco2)C=C1. The molecule has 2 nitrogen and oxygen atoms in total. The third kappa shape index (κ3) is 3.40. The summed E-state index contributed by atoms with van der Waals surface area (Å²) in [6, 6.07) is 3.82. The zero-order valence-corrected chi connectivity index (χ0v) is 8.76. The highest BCUT2D eigenvalue weighted by Crippen LogP contribution is 2.15. The fourth-order valence-corrected chi connectivity index (χ4v) is 1.65. The molecule has 0 saturated carbocycles. The highest BCUT2D eigenvalue weighted by atomic mass is 16.5. The summed E-state index contributed by atoms with van der Waals surface area (Å²) >= 11 is 0. The lowest BCUT2D eigenvalue weighted by molar-refractivity contribution is 0.0978. The summed E-state index contributed by atoms with van der Waals surface area (Å²) in [5, 5.41) is 0. The van der Waals surface area contributed by atoms with Crippen molar-refractivity contribution in [3.05, 3.63) is 48.5 Å². The van der Waals surface area contributed by atoms with Gasteiger partial charge in [-0.2, -0.15) is 0 Å². The van der Waals surface area contributed by atoms with Crippen LogP contribution in [0.4, 0.5) is 0 Å². The van der Waals surface area contributed by atoms with Gasteiger partial charge in [-0.1, -0.05) is 24.3 Å². The van der Waals surface area contributed by atoms with Crippen molar-refractivity contribution in [1.29, 1.82) is 0 Å². The van der Waals surface area contributed by atoms with Gasteiger partial charge in [0.05, 0.1) is 6.26 Å². The molecule has 1 unspecified atom stereocenters. The number of hydrogen-bond donors (Lipinski definition) is 0. The normalized spacial score (nSPS) is 19.6. The van der Waals surface area contributed by atoms with Gasteiger partial charge >= 0.3 is 0 Å². The molecule has 0 fully saturated rings. The second kappa shape index (κ2) is 5.56. The minimum absolute atomic E-state index is 0.583. The lowest BCUT2D eigenvalue weighted by Crippen LogP contribution is -2.03. The van der Waals surface area contributed by atoms with Gasteiger partial charge in [-0.05, 0) is 30.9 Å². The van der Waals surface area contributed by atoms with Crippen LogP contribution in [0.1, 0.15) is 18.6 Å². The largest absolute Gasteiger partial charge is 0.467 e. The molecular formula is C13H16O2. The van der Waals surface area contributed by atoms with E-state index in [9.17, 15) is 0 Å². The van der Waals surface area contributed by atoms with Crippen LogP contribution < -0.4 is 0 Å². The van der Waals surface area contributed by atoms with Gasteiger partial charge in [-0.3, -0.25) is 0 Å². The van der Waals surface area contributed by atoms with E-state index in [1.165, 1.54) is 0 Å². The Labute approximate surface area is 90.2 Å². The quantitative estimate of drug-likeness (QED) is 0.686. The minimum atomic E-state index is 0.583. The Morgan fingerprint density at radius 2 is 2.40 bits per heavy atom. The maximum absolute atomic E-state index is 5.53. The highest BCUT2D eigenvalue weighted by molar-refractivity contribution is 5.10. The van der Waals surface area contributed by atoms with Gasteiger partial charge < -0.3 is 9.15 Å². The Morgan fingerprint density at radius 3 is 3.13 bits per heavy atom. The van der Waals surface area contributed by atoms with Crippen LogP contribution in [0.25, 0.3) is 0 Å². The second-order valence-electron chi connectivity index (χ2n) is 3.73. The molecule has 0 spiro atoms. The fraction of sp³-hybridized carbons (Fsp3) is 0.385. The zero-order valence-electron chi connectivity index (χ0n) is 8.76. The zero-order chi connectivity index (χ0) is 10.3. The van der Waals surface area contributed by atoms with Crippen LogP contribution in [0.5, 0.6) is 0 Å². The number of allylic oxidation sites excluding steroid dienone is 4. The Bertz CT molecular complexity index is 322. The monoisotopic (exact) mass is 204 g/mol. The summed E-state index contributed by atoms with van der Waals surface area (Å²) in [5.74, 6) is 1.54. The van der Waals surface area contributed by atoms with Crippen LogP contribution in [-0.2, 0) is 11.3 Å². The molecule has 0 amide bonds. The summed E-state index contributed by atoms with van der Waals surface area (Å²) in [7, 11) is 0. The van der Waals surface area contributed by atoms with E-state index in [0.717, 1.165) is 25.2 Å². The average Bonchev–Trinajstić information content (AvgIpc) is 2.79. The van der Waals surface area contributed by atoms with Gasteiger partial charge in [0.1, 0.15) is 12.4 Å². The van der Waals surface area contributed by atoms with Gasteiger partial charge in [0, 0.05) is 6.61 Å². The van der Waals surface area contributed by atoms with Crippen LogP contribution in [-0.4, -0.2) is 6.61 Å². The van der Waals surface area contributed by atoms with Crippen LogP contribution in [0, 0.1) is 5.92 Å². The van der Waals surface area contributed by atoms with E-state index in [1.807, 2.05) is 12.1 Å². The summed E-state index contributed by atoms with van der Waals surface area (Å²) in [4.78, 5) is 0. The number of hydrogen-bond acceptors (Lipinski definition) is 2. The Kier molecular flexibility index (Phi) is 3.80. The molecule has 0 bridgehead atoms. The molecule has 1 heterocycles. The molecule has 0 N–H and O–H groups in total. The van der Waals surface area contributed by atoms with Crippen molar-refractivity contribution in [2.75, 3.05) is 6.61 Å². The fourth-order valence-electron chi connectivity index (χ4n) is 1.65. The number of rotatable bonds is 5. The van der Waals surface area contributed by atoms with E-state index in [4.69, 9.17) is 9.15 Å². The first kappa shape index (κ1) is 10.2. The summed E-state index contributed by atoms with van der Waals surface area (Å²) in [6.07, 6.45) is 12.6. The predicted molar refractivity (Wildman–Crippen MR) is 59.4 cm³/mol. The maximum atomic E-state index is 5.53. The number of ether oxygens (including phenoxy) is 1. The first-order valence-electron chi connectivity index (χ1n) is 5.38. The van der Waals surface area contributed by atoms with Crippen molar-refractivity contribution in [2.45, 2.75) is 19.4 Å². The third-order valence-electron chi connectivity index (χ3n) is 2.53. The van der Waals surface area contributed by atoms with Crippen molar-refractivity contribution < 1.29 is 9.15 Å². The molecule has 15 heavy (non-hydrogen) atoms. The molecule has 0 aliphatic heterocycles. The highest BCUT2D eigenvalue weighted by Gasteiger charge is 2.04. The second-order valence-corrected chi connectivity index (χ2v) is 3.73. The Morgan fingerprint density at radius 1 is 1.40 bits per heavy atom. The topological polar surface area (TPSA) is 22.4 Å². The molecule has 1 atom stereocenters. The summed E-state index contributed by atoms with van der Waals surface area (Å²) < 4.78 is 10.7. The summed E-state index contributed by atoms with van der Waals surface area (Å²) in [5.41, 5.74) is 0. The lowest BCUT2D eigenvalue weighted by atomic mass is 9.98. The Balaban J connectivity index is 1.59. The predicted octanol–water partition coefficient (Wildman–Crippen LogP) is 3.32. The molecule has 0 saturated heterocycles. The molecular weight excluding hydrogens is 188 g/mol. The van der Waals surface area contributed by atoms with E-state index in [2.05, 4.69) is 24.3 Å². The standard InChI is InChI=1S/C13H16O2/c1-2-5-12(6-3-1)8-10-14-11-13-7-4-9-15-13/h1-5,7,9,12H,6,8,10-11H2. The molecule has 1 aliphatic carbocycles. The van der Waals surface area contributed by atoms with Crippen LogP contribution in [0.15, 0.2) is 47.1 Å². The first-order chi connectivity index (χ1) is 7.45. The molecule has 0 radical (unpaired) electrons. The van der Waals surface area contributed by atoms with Gasteiger partial charge in [-0.15, -0.1) is 0 Å². The molecule has 1 aromatic heterocycles. The van der Waals surface area contributed by atoms with Crippen molar-refractivity contribution in [1.82, 2.24) is 0 Å².